The molecule has 0 spiro atoms. The van der Waals surface area contributed by atoms with Crippen molar-refractivity contribution in [1.82, 2.24) is 10.2 Å². The Morgan fingerprint density at radius 2 is 2.00 bits per heavy atom. The first kappa shape index (κ1) is 17.3. The summed E-state index contributed by atoms with van der Waals surface area (Å²) in [5.41, 5.74) is 0. The van der Waals surface area contributed by atoms with Gasteiger partial charge in [-0.2, -0.15) is 0 Å². The molecular formula is C14H24N2O5. The van der Waals surface area contributed by atoms with E-state index >= 15 is 0 Å². The smallest absolute Gasteiger partial charge is 0.328 e. The van der Waals surface area contributed by atoms with Crippen LogP contribution in [0, 0.1) is 5.92 Å². The van der Waals surface area contributed by atoms with Gasteiger partial charge in [0.25, 0.3) is 0 Å². The molecular weight excluding hydrogens is 276 g/mol. The Balaban J connectivity index is 2.69. The molecule has 3 unspecified atom stereocenters. The summed E-state index contributed by atoms with van der Waals surface area (Å²) in [6.45, 7) is 5.65. The van der Waals surface area contributed by atoms with Gasteiger partial charge in [0.15, 0.2) is 0 Å². The van der Waals surface area contributed by atoms with Crippen LogP contribution in [0.2, 0.25) is 0 Å². The van der Waals surface area contributed by atoms with E-state index in [-0.39, 0.29) is 6.61 Å². The highest BCUT2D eigenvalue weighted by Gasteiger charge is 2.34. The summed E-state index contributed by atoms with van der Waals surface area (Å²) < 4.78 is 5.00. The number of hydrogen-bond acceptors (Lipinski definition) is 4. The zero-order valence-corrected chi connectivity index (χ0v) is 12.8. The van der Waals surface area contributed by atoms with Gasteiger partial charge in [-0.05, 0) is 40.0 Å². The summed E-state index contributed by atoms with van der Waals surface area (Å²) in [7, 11) is 0. The summed E-state index contributed by atoms with van der Waals surface area (Å²) in [6.07, 6.45) is 2.27. The fraction of sp³-hybridized carbons (Fsp3) is 0.786. The molecule has 0 aromatic heterocycles. The predicted octanol–water partition coefficient (Wildman–Crippen LogP) is 1.22. The van der Waals surface area contributed by atoms with Gasteiger partial charge >= 0.3 is 18.0 Å². The van der Waals surface area contributed by atoms with Gasteiger partial charge in [-0.3, -0.25) is 4.79 Å². The standard InChI is InChI=1S/C14H24N2O5/c1-4-21-13(19)11-7-5-6-8-16(11)14(20)15-10(3)9(2)12(17)18/h9-11H,4-8H2,1-3H3,(H,15,20)(H,17,18). The van der Waals surface area contributed by atoms with Crippen molar-refractivity contribution in [2.75, 3.05) is 13.2 Å². The molecule has 0 saturated carbocycles. The number of nitrogens with one attached hydrogen (secondary N) is 1. The molecule has 1 heterocycles. The third-order valence-corrected chi connectivity index (χ3v) is 3.81. The SMILES string of the molecule is CCOC(=O)C1CCCCN1C(=O)NC(C)C(C)C(=O)O. The first-order chi connectivity index (χ1) is 9.88. The minimum atomic E-state index is -0.969. The lowest BCUT2D eigenvalue weighted by atomic mass is 10.0. The third kappa shape index (κ3) is 4.61. The molecule has 0 aromatic rings. The first-order valence-electron chi connectivity index (χ1n) is 7.35. The van der Waals surface area contributed by atoms with Gasteiger partial charge in [0.05, 0.1) is 12.5 Å². The van der Waals surface area contributed by atoms with E-state index in [0.29, 0.717) is 13.0 Å². The van der Waals surface area contributed by atoms with Crippen LogP contribution in [0.15, 0.2) is 0 Å². The van der Waals surface area contributed by atoms with E-state index in [1.165, 1.54) is 11.8 Å². The zero-order valence-electron chi connectivity index (χ0n) is 12.8. The second-order valence-corrected chi connectivity index (χ2v) is 5.32. The van der Waals surface area contributed by atoms with Crippen LogP contribution in [-0.2, 0) is 14.3 Å². The van der Waals surface area contributed by atoms with Gasteiger partial charge in [-0.25, -0.2) is 9.59 Å². The number of rotatable bonds is 5. The predicted molar refractivity (Wildman–Crippen MR) is 75.8 cm³/mol. The van der Waals surface area contributed by atoms with Crippen molar-refractivity contribution < 1.29 is 24.2 Å². The lowest BCUT2D eigenvalue weighted by molar-refractivity contribution is -0.149. The highest BCUT2D eigenvalue weighted by Crippen LogP contribution is 2.19. The average Bonchev–Trinajstić information content (AvgIpc) is 2.46. The largest absolute Gasteiger partial charge is 0.481 e. The Labute approximate surface area is 124 Å². The normalized spacial score (nSPS) is 21.3. The van der Waals surface area contributed by atoms with E-state index in [9.17, 15) is 14.4 Å². The highest BCUT2D eigenvalue weighted by atomic mass is 16.5. The van der Waals surface area contributed by atoms with E-state index in [2.05, 4.69) is 5.32 Å². The molecule has 2 amide bonds. The molecule has 1 rings (SSSR count). The minimum absolute atomic E-state index is 0.275. The average molecular weight is 300 g/mol. The second-order valence-electron chi connectivity index (χ2n) is 5.32. The molecule has 0 aromatic carbocycles. The van der Waals surface area contributed by atoms with Crippen molar-refractivity contribution >= 4 is 18.0 Å². The van der Waals surface area contributed by atoms with Crippen LogP contribution in [0.5, 0.6) is 0 Å². The Morgan fingerprint density at radius 3 is 2.57 bits per heavy atom. The van der Waals surface area contributed by atoms with Crippen molar-refractivity contribution in [3.8, 4) is 0 Å². The lowest BCUT2D eigenvalue weighted by Crippen LogP contribution is -2.55. The number of carbonyl (C=O) groups is 3. The number of ether oxygens (including phenoxy) is 1. The van der Waals surface area contributed by atoms with E-state index in [1.54, 1.807) is 13.8 Å². The van der Waals surface area contributed by atoms with Crippen molar-refractivity contribution in [2.24, 2.45) is 5.92 Å². The second kappa shape index (κ2) is 7.85. The number of nitrogens with zero attached hydrogens (tertiary/aromatic N) is 1. The number of carboxylic acid groups (broad SMARTS) is 1. The van der Waals surface area contributed by atoms with Crippen LogP contribution in [0.25, 0.3) is 0 Å². The fourth-order valence-electron chi connectivity index (χ4n) is 2.27. The number of piperidine rings is 1. The van der Waals surface area contributed by atoms with Gasteiger partial charge in [-0.1, -0.05) is 0 Å². The molecule has 0 aliphatic carbocycles. The molecule has 21 heavy (non-hydrogen) atoms. The summed E-state index contributed by atoms with van der Waals surface area (Å²) in [5, 5.41) is 11.6. The molecule has 1 fully saturated rings. The number of amides is 2. The molecule has 1 aliphatic rings. The summed E-state index contributed by atoms with van der Waals surface area (Å²) in [4.78, 5) is 36.5. The minimum Gasteiger partial charge on any atom is -0.481 e. The molecule has 3 atom stereocenters. The summed E-state index contributed by atoms with van der Waals surface area (Å²) in [6, 6.07) is -1.50. The molecule has 2 N–H and O–H groups in total. The van der Waals surface area contributed by atoms with Crippen LogP contribution in [0.4, 0.5) is 4.79 Å². The zero-order chi connectivity index (χ0) is 16.0. The van der Waals surface area contributed by atoms with Gasteiger partial charge in [0.1, 0.15) is 6.04 Å². The Hall–Kier alpha value is -1.79. The molecule has 7 heteroatoms. The number of likely N-dealkylation sites (tertiary alicyclic amines) is 1. The van der Waals surface area contributed by atoms with E-state index < -0.39 is 36.0 Å². The third-order valence-electron chi connectivity index (χ3n) is 3.81. The first-order valence-corrected chi connectivity index (χ1v) is 7.35. The van der Waals surface area contributed by atoms with Crippen molar-refractivity contribution in [2.45, 2.75) is 52.1 Å². The van der Waals surface area contributed by atoms with Crippen molar-refractivity contribution in [3.05, 3.63) is 0 Å². The fourth-order valence-corrected chi connectivity index (χ4v) is 2.27. The Kier molecular flexibility index (Phi) is 6.45. The topological polar surface area (TPSA) is 95.9 Å². The maximum absolute atomic E-state index is 12.3. The molecule has 1 aliphatic heterocycles. The number of hydrogen-bond donors (Lipinski definition) is 2. The number of carboxylic acids is 1. The number of carbonyl (C=O) groups excluding carboxylic acids is 2. The van der Waals surface area contributed by atoms with Gasteiger partial charge < -0.3 is 20.1 Å². The van der Waals surface area contributed by atoms with Crippen molar-refractivity contribution in [1.29, 1.82) is 0 Å². The molecule has 120 valence electrons. The van der Waals surface area contributed by atoms with Crippen molar-refractivity contribution in [3.63, 3.8) is 0 Å². The lowest BCUT2D eigenvalue weighted by Gasteiger charge is -2.35. The van der Waals surface area contributed by atoms with Crippen LogP contribution in [-0.4, -0.2) is 53.2 Å². The van der Waals surface area contributed by atoms with Crippen LogP contribution in [0.3, 0.4) is 0 Å². The van der Waals surface area contributed by atoms with Gasteiger partial charge in [-0.15, -0.1) is 0 Å². The summed E-state index contributed by atoms with van der Waals surface area (Å²) >= 11 is 0. The van der Waals surface area contributed by atoms with E-state index in [4.69, 9.17) is 9.84 Å². The Bertz CT molecular complexity index is 399. The summed E-state index contributed by atoms with van der Waals surface area (Å²) in [5.74, 6) is -2.06. The highest BCUT2D eigenvalue weighted by molar-refractivity contribution is 5.84. The monoisotopic (exact) mass is 300 g/mol. The van der Waals surface area contributed by atoms with E-state index in [0.717, 1.165) is 12.8 Å². The number of esters is 1. The molecule has 7 nitrogen and oxygen atoms in total. The quantitative estimate of drug-likeness (QED) is 0.744. The molecule has 0 radical (unpaired) electrons. The Morgan fingerprint density at radius 1 is 1.33 bits per heavy atom. The van der Waals surface area contributed by atoms with Gasteiger partial charge in [0, 0.05) is 12.6 Å². The maximum atomic E-state index is 12.3. The van der Waals surface area contributed by atoms with Crippen LogP contribution < -0.4 is 5.32 Å². The maximum Gasteiger partial charge on any atom is 0.328 e. The molecule has 0 bridgehead atoms. The number of aliphatic carboxylic acids is 1. The van der Waals surface area contributed by atoms with Gasteiger partial charge in [0.2, 0.25) is 0 Å². The number of urea groups is 1. The van der Waals surface area contributed by atoms with Crippen LogP contribution >= 0.6 is 0 Å². The van der Waals surface area contributed by atoms with Crippen LogP contribution in [0.1, 0.15) is 40.0 Å². The molecule has 1 saturated heterocycles. The van der Waals surface area contributed by atoms with E-state index in [1.807, 2.05) is 0 Å².